The van der Waals surface area contributed by atoms with E-state index >= 15 is 0 Å². The molecule has 43 heavy (non-hydrogen) atoms. The van der Waals surface area contributed by atoms with Gasteiger partial charge in [0.25, 0.3) is 0 Å². The van der Waals surface area contributed by atoms with E-state index < -0.39 is 82.2 Å². The topological polar surface area (TPSA) is 127 Å². The van der Waals surface area contributed by atoms with Gasteiger partial charge in [0, 0.05) is 0 Å². The summed E-state index contributed by atoms with van der Waals surface area (Å²) in [5.41, 5.74) is -2.38. The summed E-state index contributed by atoms with van der Waals surface area (Å²) in [6, 6.07) is 0. The molecule has 0 spiro atoms. The molecule has 2 fully saturated rings. The van der Waals surface area contributed by atoms with Gasteiger partial charge in [0.2, 0.25) is 0 Å². The van der Waals surface area contributed by atoms with E-state index in [0.29, 0.717) is 24.5 Å². The van der Waals surface area contributed by atoms with Gasteiger partial charge >= 0.3 is 250 Å². The van der Waals surface area contributed by atoms with E-state index in [4.69, 9.17) is 20.5 Å². The number of carbonyl (C=O) groups is 1. The van der Waals surface area contributed by atoms with Crippen molar-refractivity contribution in [1.29, 1.82) is 0 Å². The van der Waals surface area contributed by atoms with Gasteiger partial charge in [-0.3, -0.25) is 0 Å². The standard InChI is InChI=1S/C32H58FINO8/c1-11-25-32(10,39)29(36)22(6)27(35-34-40-14-12-13-33)19(3)17-31(9,38)24(8)21(5)28(23(7)30(37)42-25)43-26-16-18(2)15-20(4)41-26/h18-26,28-29,36,38-39H,11-17H2,1-10H3/q-1/b35-27+/t18-,19-,20+,21-,22+,23-,24-,25-,26+,28+,29-,31-,32-/m1/s1. The van der Waals surface area contributed by atoms with E-state index in [0.717, 1.165) is 6.42 Å². The molecule has 11 heteroatoms. The minimum atomic E-state index is -1.79. The van der Waals surface area contributed by atoms with E-state index in [1.54, 1.807) is 27.7 Å². The van der Waals surface area contributed by atoms with Crippen LogP contribution in [0.25, 0.3) is 0 Å². The number of alkyl halides is 1. The Labute approximate surface area is 269 Å². The second-order valence-electron chi connectivity index (χ2n) is 13.7. The molecule has 2 saturated heterocycles. The zero-order chi connectivity index (χ0) is 32.7. The first-order valence-corrected chi connectivity index (χ1v) is 17.9. The van der Waals surface area contributed by atoms with Gasteiger partial charge in [-0.05, 0) is 13.3 Å². The summed E-state index contributed by atoms with van der Waals surface area (Å²) in [6.07, 6.45) is -0.907. The van der Waals surface area contributed by atoms with E-state index in [1.807, 2.05) is 27.7 Å². The summed E-state index contributed by atoms with van der Waals surface area (Å²) in [4.78, 5) is 13.7. The van der Waals surface area contributed by atoms with Crippen molar-refractivity contribution in [3.63, 3.8) is 0 Å². The van der Waals surface area contributed by atoms with Crippen LogP contribution in [0.2, 0.25) is 0 Å². The number of nitrogens with zero attached hydrogens (tertiary/aromatic N) is 1. The number of aliphatic hydroxyl groups is 3. The summed E-state index contributed by atoms with van der Waals surface area (Å²) in [5.74, 6) is -2.36. The third-order valence-corrected chi connectivity index (χ3v) is 11.2. The van der Waals surface area contributed by atoms with Gasteiger partial charge < -0.3 is 0 Å². The first-order chi connectivity index (χ1) is 20.0. The van der Waals surface area contributed by atoms with Crippen molar-refractivity contribution < 1.29 is 63.7 Å². The zero-order valence-corrected chi connectivity index (χ0v) is 30.0. The maximum absolute atomic E-state index is 13.7. The van der Waals surface area contributed by atoms with Crippen molar-refractivity contribution in [2.75, 3.05) is 13.3 Å². The van der Waals surface area contributed by atoms with Crippen molar-refractivity contribution in [3.8, 4) is 0 Å². The third kappa shape index (κ3) is 10.3. The summed E-state index contributed by atoms with van der Waals surface area (Å²) in [7, 11) is 0. The normalized spacial score (nSPS) is 45.1. The molecule has 13 atom stereocenters. The molecule has 0 radical (unpaired) electrons. The first kappa shape index (κ1) is 38.7. The fraction of sp³-hybridized carbons (Fsp3) is 0.938. The molecule has 0 saturated carbocycles. The van der Waals surface area contributed by atoms with Gasteiger partial charge in [-0.2, -0.15) is 0 Å². The van der Waals surface area contributed by atoms with Crippen molar-refractivity contribution in [1.82, 2.24) is 0 Å². The summed E-state index contributed by atoms with van der Waals surface area (Å²) in [6.45, 7) is 18.5. The van der Waals surface area contributed by atoms with E-state index in [1.165, 1.54) is 6.92 Å². The van der Waals surface area contributed by atoms with Gasteiger partial charge in [0.05, 0.1) is 0 Å². The number of ether oxygens (including phenoxy) is 3. The van der Waals surface area contributed by atoms with Gasteiger partial charge in [-0.25, -0.2) is 0 Å². The molecule has 0 aromatic heterocycles. The SMILES string of the molecule is CC[C@H]1OC(=O)[C@H](C)[C@@H](O[C@H]2C[C@H](C)C[C@H](C)O2)[C@H](C)[C@@H](C)[C@](C)(O)C[C@@H](C)/C(=N\[I-]OCCCF)[C@H](C)[C@@H](O)[C@]1(C)O. The van der Waals surface area contributed by atoms with Crippen molar-refractivity contribution in [2.45, 2.75) is 143 Å². The number of halogens is 2. The molecule has 0 aliphatic carbocycles. The number of aliphatic hydroxyl groups excluding tert-OH is 1. The molecule has 9 nitrogen and oxygen atoms in total. The third-order valence-electron chi connectivity index (χ3n) is 9.75. The summed E-state index contributed by atoms with van der Waals surface area (Å²) >= 11 is -1.16. The molecule has 0 aromatic carbocycles. The predicted molar refractivity (Wildman–Crippen MR) is 159 cm³/mol. The van der Waals surface area contributed by atoms with Crippen LogP contribution in [-0.2, 0) is 22.1 Å². The molecular formula is C32H58FINO8-. The first-order valence-electron chi connectivity index (χ1n) is 16.0. The number of hydrogen-bond donors (Lipinski definition) is 3. The monoisotopic (exact) mass is 730 g/mol. The minimum absolute atomic E-state index is 0.0238. The Morgan fingerprint density at radius 3 is 2.30 bits per heavy atom. The quantitative estimate of drug-likeness (QED) is 0.197. The number of hydrogen-bond acceptors (Lipinski definition) is 9. The van der Waals surface area contributed by atoms with E-state index in [2.05, 4.69) is 6.92 Å². The summed E-state index contributed by atoms with van der Waals surface area (Å²) in [5, 5.41) is 35.1. The van der Waals surface area contributed by atoms with Crippen LogP contribution in [0.1, 0.15) is 101 Å². The molecule has 2 heterocycles. The van der Waals surface area contributed by atoms with Crippen LogP contribution in [0.15, 0.2) is 3.21 Å². The Hall–Kier alpha value is -0.440. The molecule has 0 unspecified atom stereocenters. The molecule has 0 amide bonds. The number of cyclic esters (lactones) is 1. The number of rotatable bonds is 8. The van der Waals surface area contributed by atoms with E-state index in [9.17, 15) is 24.5 Å². The van der Waals surface area contributed by atoms with E-state index in [-0.39, 0.29) is 43.3 Å². The van der Waals surface area contributed by atoms with Crippen LogP contribution < -0.4 is 21.9 Å². The molecule has 254 valence electrons. The Kier molecular flexibility index (Phi) is 15.2. The van der Waals surface area contributed by atoms with Gasteiger partial charge in [0.15, 0.2) is 0 Å². The van der Waals surface area contributed by atoms with Crippen molar-refractivity contribution in [2.24, 2.45) is 38.7 Å². The number of carbonyl (C=O) groups excluding carboxylic acids is 1. The van der Waals surface area contributed by atoms with Crippen molar-refractivity contribution >= 4 is 11.7 Å². The molecule has 0 bridgehead atoms. The molecular weight excluding hydrogens is 672 g/mol. The zero-order valence-electron chi connectivity index (χ0n) is 27.9. The van der Waals surface area contributed by atoms with Gasteiger partial charge in [-0.1, -0.05) is 6.92 Å². The fourth-order valence-corrected chi connectivity index (χ4v) is 8.55. The molecule has 2 rings (SSSR count). The molecule has 2 aliphatic heterocycles. The number of esters is 1. The van der Waals surface area contributed by atoms with Crippen LogP contribution in [0.4, 0.5) is 4.39 Å². The fourth-order valence-electron chi connectivity index (χ4n) is 6.76. The van der Waals surface area contributed by atoms with Crippen LogP contribution in [0, 0.1) is 35.5 Å². The van der Waals surface area contributed by atoms with Crippen LogP contribution in [0.3, 0.4) is 0 Å². The average molecular weight is 731 g/mol. The van der Waals surface area contributed by atoms with Crippen LogP contribution in [0.5, 0.6) is 0 Å². The molecule has 2 aliphatic rings. The second kappa shape index (κ2) is 16.9. The second-order valence-corrected chi connectivity index (χ2v) is 15.2. The van der Waals surface area contributed by atoms with Crippen LogP contribution in [-0.4, -0.2) is 82.2 Å². The average Bonchev–Trinajstić information content (AvgIpc) is 2.92. The van der Waals surface area contributed by atoms with Crippen molar-refractivity contribution in [3.05, 3.63) is 0 Å². The Balaban J connectivity index is 2.55. The van der Waals surface area contributed by atoms with Gasteiger partial charge in [0.1, 0.15) is 0 Å². The van der Waals surface area contributed by atoms with Gasteiger partial charge in [-0.15, -0.1) is 0 Å². The Morgan fingerprint density at radius 2 is 1.72 bits per heavy atom. The van der Waals surface area contributed by atoms with Crippen LogP contribution >= 0.6 is 0 Å². The predicted octanol–water partition coefficient (Wildman–Crippen LogP) is 2.04. The Bertz CT molecular complexity index is 895. The molecule has 0 aromatic rings. The molecule has 3 N–H and O–H groups in total. The summed E-state index contributed by atoms with van der Waals surface area (Å²) < 4.78 is 41.6. The maximum atomic E-state index is 13.7. The Morgan fingerprint density at radius 1 is 1.07 bits per heavy atom.